The van der Waals surface area contributed by atoms with E-state index in [4.69, 9.17) is 0 Å². The quantitative estimate of drug-likeness (QED) is 0.850. The number of aromatic nitrogens is 2. The maximum Gasteiger partial charge on any atom is 0.226 e. The van der Waals surface area contributed by atoms with Crippen LogP contribution in [0.2, 0.25) is 0 Å². The van der Waals surface area contributed by atoms with E-state index in [0.717, 1.165) is 0 Å². The minimum atomic E-state index is -0.0800. The highest BCUT2D eigenvalue weighted by Crippen LogP contribution is 2.13. The Balaban J connectivity index is 1.92. The molecule has 0 aliphatic carbocycles. The number of rotatable bonds is 5. The average molecular weight is 271 g/mol. The topological polar surface area (TPSA) is 64.0 Å². The van der Waals surface area contributed by atoms with Crippen molar-refractivity contribution in [3.63, 3.8) is 0 Å². The molecule has 0 saturated carbocycles. The Morgan fingerprint density at radius 3 is 2.55 bits per heavy atom. The molecule has 0 radical (unpaired) electrons. The summed E-state index contributed by atoms with van der Waals surface area (Å²) in [7, 11) is 0. The molecule has 5 nitrogen and oxygen atoms in total. The van der Waals surface area contributed by atoms with Gasteiger partial charge in [-0.25, -0.2) is 0 Å². The van der Waals surface area contributed by atoms with Crippen molar-refractivity contribution in [1.29, 1.82) is 0 Å². The van der Waals surface area contributed by atoms with Gasteiger partial charge in [-0.15, -0.1) is 0 Å². The molecule has 0 unspecified atom stereocenters. The van der Waals surface area contributed by atoms with Gasteiger partial charge in [-0.3, -0.25) is 14.3 Å². The predicted octanol–water partition coefficient (Wildman–Crippen LogP) is 2.68. The van der Waals surface area contributed by atoms with Crippen molar-refractivity contribution in [3.05, 3.63) is 48.3 Å². The summed E-state index contributed by atoms with van der Waals surface area (Å²) in [5.74, 6) is -0.0706. The summed E-state index contributed by atoms with van der Waals surface area (Å²) in [6.07, 6.45) is 3.87. The molecule has 0 fully saturated rings. The fourth-order valence-corrected chi connectivity index (χ4v) is 1.90. The van der Waals surface area contributed by atoms with Gasteiger partial charge in [-0.2, -0.15) is 5.10 Å². The lowest BCUT2D eigenvalue weighted by Gasteiger charge is -2.12. The molecule has 1 aromatic heterocycles. The number of ketones is 1. The van der Waals surface area contributed by atoms with Crippen molar-refractivity contribution in [3.8, 4) is 0 Å². The lowest BCUT2D eigenvalue weighted by molar-refractivity contribution is -0.116. The summed E-state index contributed by atoms with van der Waals surface area (Å²) < 4.78 is 1.75. The first kappa shape index (κ1) is 14.0. The van der Waals surface area contributed by atoms with Crippen LogP contribution in [0, 0.1) is 0 Å². The van der Waals surface area contributed by atoms with E-state index in [0.29, 0.717) is 17.7 Å². The van der Waals surface area contributed by atoms with Gasteiger partial charge in [0.1, 0.15) is 0 Å². The first-order valence-corrected chi connectivity index (χ1v) is 6.46. The van der Waals surface area contributed by atoms with Crippen LogP contribution < -0.4 is 5.32 Å². The van der Waals surface area contributed by atoms with Crippen LogP contribution in [-0.2, 0) is 4.79 Å². The van der Waals surface area contributed by atoms with Gasteiger partial charge < -0.3 is 5.32 Å². The van der Waals surface area contributed by atoms with Crippen molar-refractivity contribution in [1.82, 2.24) is 9.78 Å². The molecule has 1 atom stereocenters. The molecule has 0 aliphatic rings. The number of anilines is 1. The summed E-state index contributed by atoms with van der Waals surface area (Å²) in [5.41, 5.74) is 1.32. The maximum atomic E-state index is 11.9. The second kappa shape index (κ2) is 6.14. The van der Waals surface area contributed by atoms with Crippen LogP contribution in [0.3, 0.4) is 0 Å². The molecule has 0 aliphatic heterocycles. The van der Waals surface area contributed by atoms with Crippen molar-refractivity contribution >= 4 is 17.4 Å². The normalized spacial score (nSPS) is 11.9. The molecule has 0 spiro atoms. The molecule has 0 saturated heterocycles. The number of Topliss-reactive ketones (excluding diaryl/α,β-unsaturated/α-hetero) is 1. The van der Waals surface area contributed by atoms with E-state index in [9.17, 15) is 9.59 Å². The summed E-state index contributed by atoms with van der Waals surface area (Å²) in [6, 6.07) is 8.69. The van der Waals surface area contributed by atoms with E-state index in [1.807, 2.05) is 19.2 Å². The van der Waals surface area contributed by atoms with Gasteiger partial charge in [0.25, 0.3) is 0 Å². The fraction of sp³-hybridized carbons (Fsp3) is 0.267. The van der Waals surface area contributed by atoms with E-state index in [1.165, 1.54) is 6.92 Å². The number of hydrogen-bond acceptors (Lipinski definition) is 3. The largest absolute Gasteiger partial charge is 0.326 e. The van der Waals surface area contributed by atoms with Gasteiger partial charge in [0.2, 0.25) is 5.91 Å². The summed E-state index contributed by atoms with van der Waals surface area (Å²) in [5, 5.41) is 6.92. The monoisotopic (exact) mass is 271 g/mol. The lowest BCUT2D eigenvalue weighted by Crippen LogP contribution is -2.17. The van der Waals surface area contributed by atoms with E-state index in [1.54, 1.807) is 35.1 Å². The van der Waals surface area contributed by atoms with Crippen LogP contribution >= 0.6 is 0 Å². The van der Waals surface area contributed by atoms with Crippen molar-refractivity contribution in [2.75, 3.05) is 5.32 Å². The first-order valence-electron chi connectivity index (χ1n) is 6.46. The van der Waals surface area contributed by atoms with Crippen molar-refractivity contribution in [2.45, 2.75) is 26.3 Å². The zero-order valence-corrected chi connectivity index (χ0v) is 11.5. The molecule has 20 heavy (non-hydrogen) atoms. The number of carbonyl (C=O) groups excluding carboxylic acids is 2. The first-order chi connectivity index (χ1) is 9.56. The van der Waals surface area contributed by atoms with Gasteiger partial charge >= 0.3 is 0 Å². The highest BCUT2D eigenvalue weighted by atomic mass is 16.1. The van der Waals surface area contributed by atoms with Crippen LogP contribution in [0.4, 0.5) is 5.69 Å². The van der Waals surface area contributed by atoms with Gasteiger partial charge in [0, 0.05) is 30.1 Å². The minimum Gasteiger partial charge on any atom is -0.326 e. The second-order valence-electron chi connectivity index (χ2n) is 4.72. The highest BCUT2D eigenvalue weighted by molar-refractivity contribution is 5.95. The summed E-state index contributed by atoms with van der Waals surface area (Å²) in [6.45, 7) is 3.45. The van der Waals surface area contributed by atoms with E-state index < -0.39 is 0 Å². The summed E-state index contributed by atoms with van der Waals surface area (Å²) in [4.78, 5) is 23.1. The van der Waals surface area contributed by atoms with Gasteiger partial charge in [0.05, 0.1) is 6.04 Å². The number of nitrogens with zero attached hydrogens (tertiary/aromatic N) is 2. The molecule has 5 heteroatoms. The minimum absolute atomic E-state index is 0.00138. The number of nitrogens with one attached hydrogen (secondary N) is 1. The average Bonchev–Trinajstić information content (AvgIpc) is 2.93. The Morgan fingerprint density at radius 1 is 1.30 bits per heavy atom. The van der Waals surface area contributed by atoms with Crippen LogP contribution in [-0.4, -0.2) is 21.5 Å². The third kappa shape index (κ3) is 3.54. The molecule has 2 rings (SSSR count). The smallest absolute Gasteiger partial charge is 0.226 e. The van der Waals surface area contributed by atoms with Crippen LogP contribution in [0.5, 0.6) is 0 Å². The van der Waals surface area contributed by atoms with Crippen molar-refractivity contribution in [2.24, 2.45) is 0 Å². The Morgan fingerprint density at radius 2 is 2.00 bits per heavy atom. The fourth-order valence-electron chi connectivity index (χ4n) is 1.90. The molecule has 1 amide bonds. The van der Waals surface area contributed by atoms with Gasteiger partial charge in [-0.05, 0) is 44.2 Å². The van der Waals surface area contributed by atoms with E-state index >= 15 is 0 Å². The molecule has 104 valence electrons. The van der Waals surface area contributed by atoms with E-state index in [2.05, 4.69) is 10.4 Å². The Labute approximate surface area is 117 Å². The Bertz CT molecular complexity index is 588. The lowest BCUT2D eigenvalue weighted by atomic mass is 10.1. The Kier molecular flexibility index (Phi) is 4.30. The summed E-state index contributed by atoms with van der Waals surface area (Å²) >= 11 is 0. The number of benzene rings is 1. The molecular weight excluding hydrogens is 254 g/mol. The zero-order chi connectivity index (χ0) is 14.5. The number of amides is 1. The molecule has 1 heterocycles. The molecule has 1 N–H and O–H groups in total. The Hall–Kier alpha value is -2.43. The zero-order valence-electron chi connectivity index (χ0n) is 11.5. The third-order valence-electron chi connectivity index (χ3n) is 3.03. The highest BCUT2D eigenvalue weighted by Gasteiger charge is 2.11. The molecular formula is C15H17N3O2. The standard InChI is InChI=1S/C15H17N3O2/c1-11(18-9-3-8-16-18)10-15(20)17-14-6-4-13(5-7-14)12(2)19/h3-9,11H,10H2,1-2H3,(H,17,20)/t11-/m0/s1. The van der Waals surface area contributed by atoms with E-state index in [-0.39, 0.29) is 17.7 Å². The van der Waals surface area contributed by atoms with Crippen LogP contribution in [0.1, 0.15) is 36.7 Å². The predicted molar refractivity (Wildman–Crippen MR) is 76.6 cm³/mol. The SMILES string of the molecule is CC(=O)c1ccc(NC(=O)C[C@H](C)n2cccn2)cc1. The second-order valence-corrected chi connectivity index (χ2v) is 4.72. The molecule has 1 aromatic carbocycles. The van der Waals surface area contributed by atoms with Crippen LogP contribution in [0.25, 0.3) is 0 Å². The molecule has 2 aromatic rings. The number of hydrogen-bond donors (Lipinski definition) is 1. The third-order valence-corrected chi connectivity index (χ3v) is 3.03. The number of carbonyl (C=O) groups is 2. The van der Waals surface area contributed by atoms with Gasteiger partial charge in [0.15, 0.2) is 5.78 Å². The maximum absolute atomic E-state index is 11.9. The molecule has 0 bridgehead atoms. The van der Waals surface area contributed by atoms with Crippen molar-refractivity contribution < 1.29 is 9.59 Å². The van der Waals surface area contributed by atoms with Crippen LogP contribution in [0.15, 0.2) is 42.7 Å². The van der Waals surface area contributed by atoms with Gasteiger partial charge in [-0.1, -0.05) is 0 Å².